The molecule has 0 amide bonds. The molecule has 8 heteroatoms. The highest BCUT2D eigenvalue weighted by Crippen LogP contribution is 2.21. The second-order valence-electron chi connectivity index (χ2n) is 6.04. The number of aryl methyl sites for hydroxylation is 1. The Kier molecular flexibility index (Phi) is 5.08. The SMILES string of the molecule is CCOc1ccc(Nc2cc(C)nc(NC3CCS(=O)(=O)C3)n2)cc1. The van der Waals surface area contributed by atoms with Gasteiger partial charge in [0.15, 0.2) is 9.84 Å². The van der Waals surface area contributed by atoms with Crippen molar-refractivity contribution in [3.05, 3.63) is 36.0 Å². The van der Waals surface area contributed by atoms with Gasteiger partial charge in [-0.25, -0.2) is 13.4 Å². The minimum Gasteiger partial charge on any atom is -0.494 e. The van der Waals surface area contributed by atoms with E-state index in [-0.39, 0.29) is 17.5 Å². The molecule has 3 rings (SSSR count). The fraction of sp³-hybridized carbons (Fsp3) is 0.412. The maximum absolute atomic E-state index is 11.6. The van der Waals surface area contributed by atoms with Crippen molar-refractivity contribution in [3.63, 3.8) is 0 Å². The normalized spacial score (nSPS) is 18.7. The van der Waals surface area contributed by atoms with Gasteiger partial charge >= 0.3 is 0 Å². The Bertz CT molecular complexity index is 837. The number of ether oxygens (including phenoxy) is 1. The van der Waals surface area contributed by atoms with Crippen LogP contribution in [-0.2, 0) is 9.84 Å². The molecule has 1 saturated heterocycles. The Morgan fingerprint density at radius 1 is 1.24 bits per heavy atom. The van der Waals surface area contributed by atoms with E-state index in [9.17, 15) is 8.42 Å². The third-order valence-corrected chi connectivity index (χ3v) is 5.63. The topological polar surface area (TPSA) is 93.2 Å². The molecule has 25 heavy (non-hydrogen) atoms. The number of hydrogen-bond donors (Lipinski definition) is 2. The lowest BCUT2D eigenvalue weighted by atomic mass is 10.3. The van der Waals surface area contributed by atoms with Crippen molar-refractivity contribution in [3.8, 4) is 5.75 Å². The number of sulfone groups is 1. The van der Waals surface area contributed by atoms with Gasteiger partial charge in [0, 0.05) is 23.5 Å². The fourth-order valence-corrected chi connectivity index (χ4v) is 4.41. The molecule has 1 aliphatic heterocycles. The second kappa shape index (κ2) is 7.26. The molecule has 0 spiro atoms. The first-order valence-electron chi connectivity index (χ1n) is 8.26. The first-order chi connectivity index (χ1) is 11.9. The zero-order chi connectivity index (χ0) is 17.9. The lowest BCUT2D eigenvalue weighted by molar-refractivity contribution is 0.340. The van der Waals surface area contributed by atoms with Crippen molar-refractivity contribution in [2.24, 2.45) is 0 Å². The summed E-state index contributed by atoms with van der Waals surface area (Å²) in [6, 6.07) is 9.32. The lowest BCUT2D eigenvalue weighted by Crippen LogP contribution is -2.22. The Hall–Kier alpha value is -2.35. The molecule has 1 unspecified atom stereocenters. The molecule has 2 heterocycles. The predicted molar refractivity (Wildman–Crippen MR) is 98.3 cm³/mol. The first kappa shape index (κ1) is 17.5. The van der Waals surface area contributed by atoms with Crippen molar-refractivity contribution >= 4 is 27.3 Å². The average molecular weight is 362 g/mol. The molecule has 0 aliphatic carbocycles. The first-order valence-corrected chi connectivity index (χ1v) is 10.1. The Morgan fingerprint density at radius 3 is 2.64 bits per heavy atom. The van der Waals surface area contributed by atoms with Crippen molar-refractivity contribution in [1.82, 2.24) is 9.97 Å². The number of anilines is 3. The van der Waals surface area contributed by atoms with Gasteiger partial charge < -0.3 is 15.4 Å². The number of nitrogens with one attached hydrogen (secondary N) is 2. The molecule has 7 nitrogen and oxygen atoms in total. The Balaban J connectivity index is 1.70. The van der Waals surface area contributed by atoms with E-state index in [4.69, 9.17) is 4.74 Å². The van der Waals surface area contributed by atoms with Crippen molar-refractivity contribution in [2.75, 3.05) is 28.7 Å². The molecule has 2 N–H and O–H groups in total. The monoisotopic (exact) mass is 362 g/mol. The van der Waals surface area contributed by atoms with Crippen LogP contribution in [0.15, 0.2) is 30.3 Å². The van der Waals surface area contributed by atoms with Crippen LogP contribution in [0.4, 0.5) is 17.5 Å². The summed E-state index contributed by atoms with van der Waals surface area (Å²) in [6.07, 6.45) is 0.585. The smallest absolute Gasteiger partial charge is 0.225 e. The standard InChI is InChI=1S/C17H22N4O3S/c1-3-24-15-6-4-13(5-7-15)19-16-10-12(2)18-17(21-16)20-14-8-9-25(22,23)11-14/h4-7,10,14H,3,8-9,11H2,1-2H3,(H2,18,19,20,21). The van der Waals surface area contributed by atoms with E-state index in [1.165, 1.54) is 0 Å². The van der Waals surface area contributed by atoms with Crippen LogP contribution in [-0.4, -0.2) is 42.5 Å². The summed E-state index contributed by atoms with van der Waals surface area (Å²) in [5, 5.41) is 6.36. The van der Waals surface area contributed by atoms with Gasteiger partial charge in [0.1, 0.15) is 11.6 Å². The molecule has 1 aromatic carbocycles. The summed E-state index contributed by atoms with van der Waals surface area (Å²) in [5.74, 6) is 2.26. The molecule has 1 fully saturated rings. The van der Waals surface area contributed by atoms with Crippen LogP contribution in [0.5, 0.6) is 5.75 Å². The zero-order valence-corrected chi connectivity index (χ0v) is 15.1. The molecule has 1 atom stereocenters. The third kappa shape index (κ3) is 4.82. The third-order valence-electron chi connectivity index (χ3n) is 3.86. The highest BCUT2D eigenvalue weighted by molar-refractivity contribution is 7.91. The van der Waals surface area contributed by atoms with E-state index in [0.717, 1.165) is 17.1 Å². The van der Waals surface area contributed by atoms with Crippen LogP contribution in [0, 0.1) is 6.92 Å². The average Bonchev–Trinajstić information content (AvgIpc) is 2.88. The van der Waals surface area contributed by atoms with Crippen LogP contribution in [0.2, 0.25) is 0 Å². The van der Waals surface area contributed by atoms with Gasteiger partial charge in [-0.1, -0.05) is 0 Å². The molecular weight excluding hydrogens is 340 g/mol. The van der Waals surface area contributed by atoms with Crippen LogP contribution in [0.3, 0.4) is 0 Å². The van der Waals surface area contributed by atoms with Crippen molar-refractivity contribution < 1.29 is 13.2 Å². The van der Waals surface area contributed by atoms with Crippen molar-refractivity contribution in [2.45, 2.75) is 26.3 Å². The van der Waals surface area contributed by atoms with E-state index in [2.05, 4.69) is 20.6 Å². The minimum atomic E-state index is -2.94. The van der Waals surface area contributed by atoms with E-state index in [1.807, 2.05) is 44.2 Å². The van der Waals surface area contributed by atoms with E-state index < -0.39 is 9.84 Å². The van der Waals surface area contributed by atoms with Gasteiger partial charge in [0.05, 0.1) is 18.1 Å². The number of benzene rings is 1. The van der Waals surface area contributed by atoms with Crippen molar-refractivity contribution in [1.29, 1.82) is 0 Å². The largest absolute Gasteiger partial charge is 0.494 e. The minimum absolute atomic E-state index is 0.131. The Labute approximate surface area is 147 Å². The highest BCUT2D eigenvalue weighted by Gasteiger charge is 2.28. The second-order valence-corrected chi connectivity index (χ2v) is 8.27. The maximum atomic E-state index is 11.6. The summed E-state index contributed by atoms with van der Waals surface area (Å²) in [5.41, 5.74) is 1.68. The van der Waals surface area contributed by atoms with Gasteiger partial charge in [-0.15, -0.1) is 0 Å². The van der Waals surface area contributed by atoms with Gasteiger partial charge in [0.25, 0.3) is 0 Å². The summed E-state index contributed by atoms with van der Waals surface area (Å²) < 4.78 is 28.6. The molecule has 0 saturated carbocycles. The van der Waals surface area contributed by atoms with Gasteiger partial charge in [-0.3, -0.25) is 0 Å². The van der Waals surface area contributed by atoms with Crippen LogP contribution in [0.25, 0.3) is 0 Å². The summed E-state index contributed by atoms with van der Waals surface area (Å²) in [7, 11) is -2.94. The summed E-state index contributed by atoms with van der Waals surface area (Å²) in [4.78, 5) is 8.79. The van der Waals surface area contributed by atoms with Gasteiger partial charge in [-0.05, 0) is 44.5 Å². The quantitative estimate of drug-likeness (QED) is 0.815. The molecule has 0 bridgehead atoms. The van der Waals surface area contributed by atoms with E-state index >= 15 is 0 Å². The molecular formula is C17H22N4O3S. The number of nitrogens with zero attached hydrogens (tertiary/aromatic N) is 2. The summed E-state index contributed by atoms with van der Waals surface area (Å²) >= 11 is 0. The van der Waals surface area contributed by atoms with Crippen LogP contribution >= 0.6 is 0 Å². The Morgan fingerprint density at radius 2 is 2.00 bits per heavy atom. The number of hydrogen-bond acceptors (Lipinski definition) is 7. The van der Waals surface area contributed by atoms with Crippen LogP contribution < -0.4 is 15.4 Å². The summed E-state index contributed by atoms with van der Waals surface area (Å²) in [6.45, 7) is 4.45. The van der Waals surface area contributed by atoms with E-state index in [1.54, 1.807) is 0 Å². The fourth-order valence-electron chi connectivity index (χ4n) is 2.74. The number of aromatic nitrogens is 2. The molecule has 1 aromatic heterocycles. The van der Waals surface area contributed by atoms with Gasteiger partial charge in [-0.2, -0.15) is 4.98 Å². The highest BCUT2D eigenvalue weighted by atomic mass is 32.2. The number of rotatable bonds is 6. The lowest BCUT2D eigenvalue weighted by Gasteiger charge is -2.13. The zero-order valence-electron chi connectivity index (χ0n) is 14.3. The van der Waals surface area contributed by atoms with Crippen LogP contribution in [0.1, 0.15) is 19.0 Å². The molecule has 0 radical (unpaired) electrons. The van der Waals surface area contributed by atoms with E-state index in [0.29, 0.717) is 24.8 Å². The molecule has 1 aliphatic rings. The maximum Gasteiger partial charge on any atom is 0.225 e. The molecule has 134 valence electrons. The molecule has 2 aromatic rings. The predicted octanol–water partition coefficient (Wildman–Crippen LogP) is 2.53. The van der Waals surface area contributed by atoms with Gasteiger partial charge in [0.2, 0.25) is 5.95 Å².